The molecule has 0 saturated heterocycles. The van der Waals surface area contributed by atoms with Crippen molar-refractivity contribution in [2.45, 2.75) is 0 Å². The zero-order valence-electron chi connectivity index (χ0n) is 12.8. The van der Waals surface area contributed by atoms with Crippen molar-refractivity contribution in [2.24, 2.45) is 0 Å². The molecule has 4 aromatic rings. The molecular formula is C17H12N4O3S. The second-order valence-electron chi connectivity index (χ2n) is 5.21. The number of nitrogens with one attached hydrogen (secondary N) is 3. The van der Waals surface area contributed by atoms with Gasteiger partial charge in [0.1, 0.15) is 0 Å². The first-order valence-electron chi connectivity index (χ1n) is 7.39. The van der Waals surface area contributed by atoms with Crippen LogP contribution in [-0.4, -0.2) is 16.0 Å². The van der Waals surface area contributed by atoms with Crippen molar-refractivity contribution < 1.29 is 9.21 Å². The summed E-state index contributed by atoms with van der Waals surface area (Å²) in [4.78, 5) is 30.2. The first-order chi connectivity index (χ1) is 12.2. The van der Waals surface area contributed by atoms with Crippen molar-refractivity contribution in [3.05, 3.63) is 64.5 Å². The molecule has 2 aromatic heterocycles. The van der Waals surface area contributed by atoms with E-state index < -0.39 is 5.76 Å². The lowest BCUT2D eigenvalue weighted by atomic mass is 10.1. The maximum atomic E-state index is 12.0. The lowest BCUT2D eigenvalue weighted by molar-refractivity contribution is 0.262. The number of rotatable bonds is 3. The van der Waals surface area contributed by atoms with Gasteiger partial charge >= 0.3 is 11.8 Å². The Balaban J connectivity index is 1.51. The van der Waals surface area contributed by atoms with Crippen molar-refractivity contribution in [1.82, 2.24) is 9.97 Å². The molecule has 4 rings (SSSR count). The highest BCUT2D eigenvalue weighted by Gasteiger charge is 2.10. The highest BCUT2D eigenvalue weighted by atomic mass is 32.1. The highest BCUT2D eigenvalue weighted by molar-refractivity contribution is 7.14. The summed E-state index contributed by atoms with van der Waals surface area (Å²) in [7, 11) is 0. The van der Waals surface area contributed by atoms with Crippen LogP contribution in [0.15, 0.2) is 63.1 Å². The third-order valence-electron chi connectivity index (χ3n) is 3.47. The third kappa shape index (κ3) is 3.29. The molecule has 0 aliphatic rings. The average molecular weight is 352 g/mol. The van der Waals surface area contributed by atoms with Gasteiger partial charge < -0.3 is 9.73 Å². The quantitative estimate of drug-likeness (QED) is 0.521. The maximum absolute atomic E-state index is 12.0. The summed E-state index contributed by atoms with van der Waals surface area (Å²) in [5.41, 5.74) is 3.27. The van der Waals surface area contributed by atoms with Gasteiger partial charge in [-0.3, -0.25) is 10.3 Å². The number of amides is 2. The second-order valence-corrected chi connectivity index (χ2v) is 6.07. The Kier molecular flexibility index (Phi) is 3.79. The number of aromatic nitrogens is 2. The summed E-state index contributed by atoms with van der Waals surface area (Å²) in [6.07, 6.45) is 0. The van der Waals surface area contributed by atoms with Crippen LogP contribution in [0, 0.1) is 0 Å². The smallest absolute Gasteiger partial charge is 0.408 e. The second kappa shape index (κ2) is 6.25. The lowest BCUT2D eigenvalue weighted by Gasteiger charge is -2.04. The molecule has 0 spiro atoms. The molecular weight excluding hydrogens is 340 g/mol. The van der Waals surface area contributed by atoms with Gasteiger partial charge in [-0.2, -0.15) is 0 Å². The van der Waals surface area contributed by atoms with Gasteiger partial charge in [0.25, 0.3) is 0 Å². The van der Waals surface area contributed by atoms with Crippen LogP contribution in [0.4, 0.5) is 15.6 Å². The molecule has 2 heterocycles. The topological polar surface area (TPSA) is 100 Å². The van der Waals surface area contributed by atoms with E-state index in [0.717, 1.165) is 5.56 Å². The highest BCUT2D eigenvalue weighted by Crippen LogP contribution is 2.27. The molecule has 0 aliphatic carbocycles. The first kappa shape index (κ1) is 15.2. The minimum Gasteiger partial charge on any atom is -0.408 e. The van der Waals surface area contributed by atoms with Gasteiger partial charge in [0.05, 0.1) is 11.2 Å². The first-order valence-corrected chi connectivity index (χ1v) is 8.27. The normalized spacial score (nSPS) is 10.7. The minimum atomic E-state index is -0.495. The number of nitrogens with zero attached hydrogens (tertiary/aromatic N) is 1. The molecule has 0 fully saturated rings. The molecule has 0 unspecified atom stereocenters. The molecule has 2 aromatic carbocycles. The Morgan fingerprint density at radius 2 is 1.96 bits per heavy atom. The van der Waals surface area contributed by atoms with Crippen molar-refractivity contribution in [1.29, 1.82) is 0 Å². The number of benzene rings is 2. The predicted octanol–water partition coefficient (Wildman–Crippen LogP) is 3.89. The van der Waals surface area contributed by atoms with E-state index >= 15 is 0 Å². The zero-order chi connectivity index (χ0) is 17.2. The monoisotopic (exact) mass is 352 g/mol. The summed E-state index contributed by atoms with van der Waals surface area (Å²) in [6.45, 7) is 0. The number of para-hydroxylation sites is 1. The number of urea groups is 1. The molecule has 0 atom stereocenters. The molecule has 8 heteroatoms. The van der Waals surface area contributed by atoms with E-state index in [1.807, 2.05) is 29.6 Å². The van der Waals surface area contributed by atoms with E-state index in [9.17, 15) is 9.59 Å². The van der Waals surface area contributed by atoms with Crippen LogP contribution in [0.25, 0.3) is 22.4 Å². The van der Waals surface area contributed by atoms with E-state index in [4.69, 9.17) is 4.42 Å². The summed E-state index contributed by atoms with van der Waals surface area (Å²) < 4.78 is 5.05. The van der Waals surface area contributed by atoms with Crippen molar-refractivity contribution in [3.8, 4) is 11.3 Å². The summed E-state index contributed by atoms with van der Waals surface area (Å²) in [5, 5.41) is 7.72. The Morgan fingerprint density at radius 1 is 1.12 bits per heavy atom. The number of thiazole rings is 1. The number of aromatic amines is 1. The number of anilines is 2. The number of hydrogen-bond acceptors (Lipinski definition) is 5. The predicted molar refractivity (Wildman–Crippen MR) is 97.0 cm³/mol. The van der Waals surface area contributed by atoms with E-state index in [0.29, 0.717) is 27.6 Å². The summed E-state index contributed by atoms with van der Waals surface area (Å²) >= 11 is 1.31. The lowest BCUT2D eigenvalue weighted by Crippen LogP contribution is -2.19. The number of carbonyl (C=O) groups excluding carboxylic acids is 1. The van der Waals surface area contributed by atoms with Crippen LogP contribution in [0.1, 0.15) is 0 Å². The number of carbonyl (C=O) groups is 1. The van der Waals surface area contributed by atoms with Gasteiger partial charge in [-0.25, -0.2) is 14.6 Å². The third-order valence-corrected chi connectivity index (χ3v) is 4.23. The van der Waals surface area contributed by atoms with E-state index in [2.05, 4.69) is 20.6 Å². The van der Waals surface area contributed by atoms with Crippen molar-refractivity contribution in [3.63, 3.8) is 0 Å². The van der Waals surface area contributed by atoms with Crippen LogP contribution in [0.5, 0.6) is 0 Å². The van der Waals surface area contributed by atoms with Crippen molar-refractivity contribution in [2.75, 3.05) is 10.6 Å². The summed E-state index contributed by atoms with van der Waals surface area (Å²) in [6, 6.07) is 14.1. The standard InChI is InChI=1S/C17H12N4O3S/c22-15(18-11-4-2-1-3-5-11)21-16-19-13(9-25-16)10-6-7-12-14(8-10)24-17(23)20-12/h1-9H,(H,20,23)(H2,18,19,21,22). The number of fused-ring (bicyclic) bond motifs is 1. The largest absolute Gasteiger partial charge is 0.417 e. The van der Waals surface area contributed by atoms with Crippen molar-refractivity contribution >= 4 is 39.3 Å². The SMILES string of the molecule is O=C(Nc1ccccc1)Nc1nc(-c2ccc3[nH]c(=O)oc3c2)cs1. The Labute approximate surface area is 145 Å². The van der Waals surface area contributed by atoms with Gasteiger partial charge in [-0.05, 0) is 24.3 Å². The molecule has 3 N–H and O–H groups in total. The van der Waals surface area contributed by atoms with Gasteiger partial charge in [-0.15, -0.1) is 11.3 Å². The minimum absolute atomic E-state index is 0.362. The fourth-order valence-electron chi connectivity index (χ4n) is 2.35. The Hall–Kier alpha value is -3.39. The fraction of sp³-hybridized carbons (Fsp3) is 0. The molecule has 0 bridgehead atoms. The molecule has 0 radical (unpaired) electrons. The molecule has 124 valence electrons. The molecule has 0 aliphatic heterocycles. The Morgan fingerprint density at radius 3 is 2.80 bits per heavy atom. The molecule has 7 nitrogen and oxygen atoms in total. The van der Waals surface area contributed by atoms with E-state index in [-0.39, 0.29) is 6.03 Å². The average Bonchev–Trinajstić information content (AvgIpc) is 3.20. The zero-order valence-corrected chi connectivity index (χ0v) is 13.6. The Bertz CT molecular complexity index is 1100. The molecule has 25 heavy (non-hydrogen) atoms. The van der Waals surface area contributed by atoms with Crippen LogP contribution in [0.2, 0.25) is 0 Å². The van der Waals surface area contributed by atoms with Gasteiger partial charge in [0.2, 0.25) is 0 Å². The maximum Gasteiger partial charge on any atom is 0.417 e. The van der Waals surface area contributed by atoms with E-state index in [1.54, 1.807) is 24.3 Å². The van der Waals surface area contributed by atoms with Crippen LogP contribution < -0.4 is 16.4 Å². The van der Waals surface area contributed by atoms with Crippen LogP contribution in [-0.2, 0) is 0 Å². The van der Waals surface area contributed by atoms with Gasteiger partial charge in [0, 0.05) is 16.6 Å². The van der Waals surface area contributed by atoms with Gasteiger partial charge in [0.15, 0.2) is 10.7 Å². The molecule has 0 saturated carbocycles. The van der Waals surface area contributed by atoms with E-state index in [1.165, 1.54) is 11.3 Å². The fourth-order valence-corrected chi connectivity index (χ4v) is 3.06. The molecule has 2 amide bonds. The number of oxazole rings is 1. The number of hydrogen-bond donors (Lipinski definition) is 3. The van der Waals surface area contributed by atoms with Crippen LogP contribution >= 0.6 is 11.3 Å². The van der Waals surface area contributed by atoms with Gasteiger partial charge in [-0.1, -0.05) is 24.3 Å². The van der Waals surface area contributed by atoms with Crippen LogP contribution in [0.3, 0.4) is 0 Å². The number of H-pyrrole nitrogens is 1. The summed E-state index contributed by atoms with van der Waals surface area (Å²) in [5.74, 6) is -0.495.